The average molecular weight is 390 g/mol. The Morgan fingerprint density at radius 3 is 2.59 bits per heavy atom. The van der Waals surface area contributed by atoms with Crippen LogP contribution in [0.2, 0.25) is 0 Å². The molecule has 1 aromatic heterocycles. The van der Waals surface area contributed by atoms with Crippen molar-refractivity contribution in [3.8, 4) is 11.5 Å². The summed E-state index contributed by atoms with van der Waals surface area (Å²) in [5.41, 5.74) is 4.25. The Balaban J connectivity index is 1.93. The van der Waals surface area contributed by atoms with Crippen molar-refractivity contribution in [3.63, 3.8) is 0 Å². The number of methoxy groups -OCH3 is 2. The molecule has 0 amide bonds. The molecule has 1 unspecified atom stereocenters. The van der Waals surface area contributed by atoms with E-state index in [1.807, 2.05) is 49.5 Å². The van der Waals surface area contributed by atoms with E-state index in [1.165, 1.54) is 4.90 Å². The molecular formula is C23H22N2O4. The number of likely N-dealkylation sites (N-methyl/N-ethyl adjacent to an activating group) is 1. The van der Waals surface area contributed by atoms with Crippen molar-refractivity contribution in [1.82, 2.24) is 4.98 Å². The molecule has 1 N–H and O–H groups in total. The lowest BCUT2D eigenvalue weighted by atomic mass is 9.92. The minimum Gasteiger partial charge on any atom is -0.545 e. The first-order chi connectivity index (χ1) is 14.0. The van der Waals surface area contributed by atoms with Crippen LogP contribution in [0.3, 0.4) is 0 Å². The van der Waals surface area contributed by atoms with Crippen LogP contribution in [0.15, 0.2) is 42.5 Å². The SMILES string of the molecule is COc1ccc(/C=C2\C[NH+](C)Cc3c2nc2ccccc2c3C(=O)[O-])cc1OC. The fraction of sp³-hybridized carbons (Fsp3) is 0.217. The molecule has 0 saturated carbocycles. The van der Waals surface area contributed by atoms with Crippen LogP contribution in [0.25, 0.3) is 22.6 Å². The summed E-state index contributed by atoms with van der Waals surface area (Å²) in [5.74, 6) is 0.130. The van der Waals surface area contributed by atoms with Gasteiger partial charge in [0.2, 0.25) is 0 Å². The molecule has 6 heteroatoms. The monoisotopic (exact) mass is 390 g/mol. The van der Waals surface area contributed by atoms with Crippen LogP contribution in [-0.4, -0.2) is 38.8 Å². The Morgan fingerprint density at radius 1 is 1.10 bits per heavy atom. The summed E-state index contributed by atoms with van der Waals surface area (Å²) in [6, 6.07) is 13.0. The maximum absolute atomic E-state index is 12.0. The number of carbonyl (C=O) groups is 1. The van der Waals surface area contributed by atoms with Gasteiger partial charge in [-0.2, -0.15) is 0 Å². The van der Waals surface area contributed by atoms with Gasteiger partial charge in [0.1, 0.15) is 13.1 Å². The number of nitrogens with one attached hydrogen (secondary N) is 1. The minimum atomic E-state index is -1.17. The number of carbonyl (C=O) groups excluding carboxylic acids is 1. The number of carboxylic acids is 1. The zero-order chi connectivity index (χ0) is 20.5. The summed E-state index contributed by atoms with van der Waals surface area (Å²) in [6.45, 7) is 1.32. The molecule has 4 rings (SSSR count). The van der Waals surface area contributed by atoms with E-state index < -0.39 is 5.97 Å². The quantitative estimate of drug-likeness (QED) is 0.724. The van der Waals surface area contributed by atoms with E-state index in [0.717, 1.165) is 28.9 Å². The zero-order valence-corrected chi connectivity index (χ0v) is 16.6. The van der Waals surface area contributed by atoms with Crippen LogP contribution < -0.4 is 19.5 Å². The lowest BCUT2D eigenvalue weighted by molar-refractivity contribution is -0.887. The number of fused-ring (bicyclic) bond motifs is 2. The van der Waals surface area contributed by atoms with Crippen molar-refractivity contribution in [2.24, 2.45) is 0 Å². The fourth-order valence-electron chi connectivity index (χ4n) is 3.96. The number of quaternary nitrogens is 1. The molecule has 6 nitrogen and oxygen atoms in total. The van der Waals surface area contributed by atoms with Gasteiger partial charge in [0.05, 0.1) is 38.4 Å². The first-order valence-corrected chi connectivity index (χ1v) is 9.39. The molecule has 0 radical (unpaired) electrons. The molecule has 0 saturated heterocycles. The van der Waals surface area contributed by atoms with E-state index in [2.05, 4.69) is 0 Å². The van der Waals surface area contributed by atoms with E-state index in [9.17, 15) is 9.90 Å². The molecule has 29 heavy (non-hydrogen) atoms. The molecule has 2 heterocycles. The molecule has 148 valence electrons. The fourth-order valence-corrected chi connectivity index (χ4v) is 3.96. The minimum absolute atomic E-state index is 0.239. The average Bonchev–Trinajstić information content (AvgIpc) is 2.71. The van der Waals surface area contributed by atoms with E-state index >= 15 is 0 Å². The summed E-state index contributed by atoms with van der Waals surface area (Å²) in [4.78, 5) is 18.0. The Morgan fingerprint density at radius 2 is 1.86 bits per heavy atom. The number of para-hydroxylation sites is 1. The van der Waals surface area contributed by atoms with Crippen molar-refractivity contribution < 1.29 is 24.3 Å². The van der Waals surface area contributed by atoms with Crippen LogP contribution in [0, 0.1) is 0 Å². The maximum atomic E-state index is 12.0. The topological polar surface area (TPSA) is 75.9 Å². The van der Waals surface area contributed by atoms with Crippen molar-refractivity contribution >= 4 is 28.5 Å². The van der Waals surface area contributed by atoms with Crippen molar-refractivity contribution in [2.75, 3.05) is 27.8 Å². The first-order valence-electron chi connectivity index (χ1n) is 9.39. The zero-order valence-electron chi connectivity index (χ0n) is 16.6. The predicted molar refractivity (Wildman–Crippen MR) is 109 cm³/mol. The molecule has 0 spiro atoms. The number of hydrogen-bond donors (Lipinski definition) is 1. The standard InChI is InChI=1S/C23H22N2O4/c1-25-12-15(10-14-8-9-19(28-2)20(11-14)29-3)22-17(13-25)21(23(26)27)16-6-4-5-7-18(16)24-22/h4-11H,12-13H2,1-3H3,(H,26,27)/b15-10+. The third kappa shape index (κ3) is 3.43. The van der Waals surface area contributed by atoms with Crippen LogP contribution in [-0.2, 0) is 6.54 Å². The summed E-state index contributed by atoms with van der Waals surface area (Å²) in [5, 5.41) is 12.6. The Bertz CT molecular complexity index is 1140. The van der Waals surface area contributed by atoms with Crippen LogP contribution >= 0.6 is 0 Å². The number of pyridine rings is 1. The van der Waals surface area contributed by atoms with Gasteiger partial charge in [-0.3, -0.25) is 0 Å². The molecule has 3 aromatic rings. The van der Waals surface area contributed by atoms with E-state index in [-0.39, 0.29) is 5.56 Å². The maximum Gasteiger partial charge on any atom is 0.161 e. The van der Waals surface area contributed by atoms with Crippen LogP contribution in [0.1, 0.15) is 27.2 Å². The lowest BCUT2D eigenvalue weighted by Gasteiger charge is -2.27. The van der Waals surface area contributed by atoms with E-state index in [4.69, 9.17) is 14.5 Å². The second kappa shape index (κ2) is 7.56. The number of hydrogen-bond acceptors (Lipinski definition) is 5. The first kappa shape index (κ1) is 19.0. The van der Waals surface area contributed by atoms with Gasteiger partial charge in [0.15, 0.2) is 11.5 Å². The van der Waals surface area contributed by atoms with Crippen molar-refractivity contribution in [3.05, 3.63) is 64.8 Å². The summed E-state index contributed by atoms with van der Waals surface area (Å²) >= 11 is 0. The van der Waals surface area contributed by atoms with E-state index in [0.29, 0.717) is 28.9 Å². The lowest BCUT2D eigenvalue weighted by Crippen LogP contribution is -3.08. The number of rotatable bonds is 4. The predicted octanol–water partition coefficient (Wildman–Crippen LogP) is 1.18. The number of aromatic carboxylic acids is 1. The van der Waals surface area contributed by atoms with Crippen molar-refractivity contribution in [1.29, 1.82) is 0 Å². The van der Waals surface area contributed by atoms with Gasteiger partial charge < -0.3 is 24.3 Å². The number of benzene rings is 2. The Kier molecular flexibility index (Phi) is 4.94. The molecule has 1 aliphatic rings. The Labute approximate surface area is 169 Å². The van der Waals surface area contributed by atoms with E-state index in [1.54, 1.807) is 20.3 Å². The van der Waals surface area contributed by atoms with Gasteiger partial charge in [0.25, 0.3) is 0 Å². The third-order valence-electron chi connectivity index (χ3n) is 5.22. The van der Waals surface area contributed by atoms with Crippen molar-refractivity contribution in [2.45, 2.75) is 6.54 Å². The van der Waals surface area contributed by atoms with Gasteiger partial charge in [-0.05, 0) is 29.8 Å². The number of aromatic nitrogens is 1. The normalized spacial score (nSPS) is 17.2. The van der Waals surface area contributed by atoms with Gasteiger partial charge in [-0.15, -0.1) is 0 Å². The van der Waals surface area contributed by atoms with Gasteiger partial charge in [-0.25, -0.2) is 4.98 Å². The summed E-state index contributed by atoms with van der Waals surface area (Å²) in [7, 11) is 5.24. The molecule has 0 bridgehead atoms. The highest BCUT2D eigenvalue weighted by Crippen LogP contribution is 2.32. The summed E-state index contributed by atoms with van der Waals surface area (Å²) in [6.07, 6.45) is 2.03. The van der Waals surface area contributed by atoms with Gasteiger partial charge in [-0.1, -0.05) is 24.3 Å². The highest BCUT2D eigenvalue weighted by Gasteiger charge is 2.27. The highest BCUT2D eigenvalue weighted by atomic mass is 16.5. The number of carboxylic acid groups (broad SMARTS) is 1. The molecule has 1 aliphatic heterocycles. The molecule has 2 aromatic carbocycles. The van der Waals surface area contributed by atoms with Crippen LogP contribution in [0.5, 0.6) is 11.5 Å². The smallest absolute Gasteiger partial charge is 0.161 e. The largest absolute Gasteiger partial charge is 0.545 e. The second-order valence-electron chi connectivity index (χ2n) is 7.21. The number of ether oxygens (including phenoxy) is 2. The third-order valence-corrected chi connectivity index (χ3v) is 5.22. The van der Waals surface area contributed by atoms with Crippen LogP contribution in [0.4, 0.5) is 0 Å². The highest BCUT2D eigenvalue weighted by molar-refractivity contribution is 6.05. The second-order valence-corrected chi connectivity index (χ2v) is 7.21. The molecular weight excluding hydrogens is 368 g/mol. The van der Waals surface area contributed by atoms with Gasteiger partial charge >= 0.3 is 0 Å². The molecule has 0 aliphatic carbocycles. The molecule has 0 fully saturated rings. The number of nitrogens with zero attached hydrogens (tertiary/aromatic N) is 1. The summed E-state index contributed by atoms with van der Waals surface area (Å²) < 4.78 is 10.7. The molecule has 1 atom stereocenters. The van der Waals surface area contributed by atoms with Gasteiger partial charge in [0, 0.05) is 22.1 Å². The Hall–Kier alpha value is -3.38.